The highest BCUT2D eigenvalue weighted by Crippen LogP contribution is 2.29. The number of aldehydes is 1. The topological polar surface area (TPSA) is 26.3 Å². The van der Waals surface area contributed by atoms with Gasteiger partial charge in [-0.25, -0.2) is 4.39 Å². The van der Waals surface area contributed by atoms with E-state index in [2.05, 4.69) is 19.9 Å². The summed E-state index contributed by atoms with van der Waals surface area (Å²) in [6.07, 6.45) is 0.605. The molecule has 3 heteroatoms. The van der Waals surface area contributed by atoms with Gasteiger partial charge in [-0.3, -0.25) is 4.79 Å². The van der Waals surface area contributed by atoms with Crippen LogP contribution in [0.3, 0.4) is 0 Å². The molecule has 0 aromatic heterocycles. The van der Waals surface area contributed by atoms with E-state index < -0.39 is 5.82 Å². The van der Waals surface area contributed by atoms with Crippen LogP contribution in [-0.2, 0) is 0 Å². The van der Waals surface area contributed by atoms with Gasteiger partial charge in [0.05, 0.1) is 0 Å². The molecule has 104 valence electrons. The van der Waals surface area contributed by atoms with Gasteiger partial charge in [0.25, 0.3) is 0 Å². The number of hydrogen-bond donors (Lipinski definition) is 0. The Bertz CT molecular complexity index is 633. The Hall–Kier alpha value is -2.16. The van der Waals surface area contributed by atoms with Crippen LogP contribution in [0.25, 0.3) is 0 Å². The fraction of sp³-hybridized carbons (Fsp3) is 0.235. The molecule has 0 radical (unpaired) electrons. The summed E-state index contributed by atoms with van der Waals surface area (Å²) in [6.45, 7) is 6.13. The average Bonchev–Trinajstić information content (AvgIpc) is 2.40. The van der Waals surface area contributed by atoms with Gasteiger partial charge in [-0.1, -0.05) is 26.0 Å². The Kier molecular flexibility index (Phi) is 4.18. The number of rotatable bonds is 4. The predicted molar refractivity (Wildman–Crippen MR) is 77.1 cm³/mol. The van der Waals surface area contributed by atoms with Crippen LogP contribution in [-0.4, -0.2) is 6.29 Å². The van der Waals surface area contributed by atoms with E-state index in [0.717, 1.165) is 11.1 Å². The quantitative estimate of drug-likeness (QED) is 0.743. The molecule has 0 saturated heterocycles. The predicted octanol–water partition coefficient (Wildman–Crippen LogP) is 4.86. The van der Waals surface area contributed by atoms with E-state index in [1.807, 2.05) is 19.1 Å². The van der Waals surface area contributed by atoms with Crippen molar-refractivity contribution in [3.8, 4) is 11.5 Å². The Labute approximate surface area is 118 Å². The maximum Gasteiger partial charge on any atom is 0.150 e. The van der Waals surface area contributed by atoms with Crippen molar-refractivity contribution in [1.29, 1.82) is 0 Å². The van der Waals surface area contributed by atoms with Crippen molar-refractivity contribution >= 4 is 6.29 Å². The lowest BCUT2D eigenvalue weighted by molar-refractivity contribution is 0.112. The molecule has 0 aliphatic heterocycles. The van der Waals surface area contributed by atoms with Crippen LogP contribution < -0.4 is 4.74 Å². The SMILES string of the molecule is Cc1ccc(C(C)C)cc1Oc1cc(F)cc(C=O)c1. The van der Waals surface area contributed by atoms with Crippen LogP contribution in [0, 0.1) is 12.7 Å². The summed E-state index contributed by atoms with van der Waals surface area (Å²) in [7, 11) is 0. The van der Waals surface area contributed by atoms with E-state index in [-0.39, 0.29) is 5.56 Å². The molecule has 0 aliphatic carbocycles. The molecule has 0 atom stereocenters. The Morgan fingerprint density at radius 1 is 1.15 bits per heavy atom. The lowest BCUT2D eigenvalue weighted by atomic mass is 10.0. The molecule has 0 aliphatic rings. The zero-order valence-electron chi connectivity index (χ0n) is 11.8. The third kappa shape index (κ3) is 3.23. The first-order valence-corrected chi connectivity index (χ1v) is 6.54. The van der Waals surface area contributed by atoms with Crippen molar-refractivity contribution in [3.05, 3.63) is 58.9 Å². The normalized spacial score (nSPS) is 10.7. The zero-order chi connectivity index (χ0) is 14.7. The molecule has 2 aromatic carbocycles. The van der Waals surface area contributed by atoms with Gasteiger partial charge in [-0.2, -0.15) is 0 Å². The minimum atomic E-state index is -0.484. The highest BCUT2D eigenvalue weighted by atomic mass is 19.1. The standard InChI is InChI=1S/C17H17FO2/c1-11(2)14-5-4-12(3)17(8-14)20-16-7-13(10-19)6-15(18)9-16/h4-11H,1-3H3. The molecular weight excluding hydrogens is 255 g/mol. The van der Waals surface area contributed by atoms with Crippen LogP contribution in [0.1, 0.15) is 41.3 Å². The number of hydrogen-bond acceptors (Lipinski definition) is 2. The van der Waals surface area contributed by atoms with Gasteiger partial charge in [0.2, 0.25) is 0 Å². The molecule has 0 unspecified atom stereocenters. The number of ether oxygens (including phenoxy) is 1. The highest BCUT2D eigenvalue weighted by molar-refractivity contribution is 5.75. The molecule has 0 bridgehead atoms. The summed E-state index contributed by atoms with van der Waals surface area (Å²) in [5.41, 5.74) is 2.38. The van der Waals surface area contributed by atoms with Gasteiger partial charge in [0.15, 0.2) is 0 Å². The molecule has 20 heavy (non-hydrogen) atoms. The second kappa shape index (κ2) is 5.87. The van der Waals surface area contributed by atoms with E-state index in [9.17, 15) is 9.18 Å². The number of halogens is 1. The fourth-order valence-electron chi connectivity index (χ4n) is 1.92. The summed E-state index contributed by atoms with van der Waals surface area (Å²) < 4.78 is 19.1. The Morgan fingerprint density at radius 3 is 2.55 bits per heavy atom. The molecule has 0 fully saturated rings. The van der Waals surface area contributed by atoms with E-state index in [0.29, 0.717) is 23.7 Å². The highest BCUT2D eigenvalue weighted by Gasteiger charge is 2.08. The molecule has 0 amide bonds. The minimum absolute atomic E-state index is 0.262. The van der Waals surface area contributed by atoms with Gasteiger partial charge in [-0.15, -0.1) is 0 Å². The van der Waals surface area contributed by atoms with Gasteiger partial charge in [0.1, 0.15) is 23.6 Å². The summed E-state index contributed by atoms with van der Waals surface area (Å²) in [6, 6.07) is 9.95. The summed E-state index contributed by atoms with van der Waals surface area (Å²) >= 11 is 0. The van der Waals surface area contributed by atoms with Gasteiger partial charge in [0, 0.05) is 11.6 Å². The lowest BCUT2D eigenvalue weighted by Gasteiger charge is -2.13. The largest absolute Gasteiger partial charge is 0.457 e. The van der Waals surface area contributed by atoms with Gasteiger partial charge in [-0.05, 0) is 42.2 Å². The molecule has 0 spiro atoms. The number of carbonyl (C=O) groups excluding carboxylic acids is 1. The van der Waals surface area contributed by atoms with Crippen molar-refractivity contribution in [2.45, 2.75) is 26.7 Å². The van der Waals surface area contributed by atoms with Crippen molar-refractivity contribution < 1.29 is 13.9 Å². The van der Waals surface area contributed by atoms with Crippen molar-refractivity contribution in [2.24, 2.45) is 0 Å². The first kappa shape index (κ1) is 14.3. The first-order valence-electron chi connectivity index (χ1n) is 6.54. The van der Waals surface area contributed by atoms with Crippen LogP contribution >= 0.6 is 0 Å². The molecule has 2 aromatic rings. The molecule has 0 saturated carbocycles. The Morgan fingerprint density at radius 2 is 1.90 bits per heavy atom. The number of benzene rings is 2. The second-order valence-electron chi connectivity index (χ2n) is 5.12. The van der Waals surface area contributed by atoms with Crippen LogP contribution in [0.15, 0.2) is 36.4 Å². The Balaban J connectivity index is 2.36. The summed E-state index contributed by atoms with van der Waals surface area (Å²) in [5.74, 6) is 0.910. The monoisotopic (exact) mass is 272 g/mol. The van der Waals surface area contributed by atoms with E-state index >= 15 is 0 Å². The molecule has 0 N–H and O–H groups in total. The van der Waals surface area contributed by atoms with E-state index in [4.69, 9.17) is 4.74 Å². The average molecular weight is 272 g/mol. The third-order valence-electron chi connectivity index (χ3n) is 3.14. The van der Waals surface area contributed by atoms with Gasteiger partial charge < -0.3 is 4.74 Å². The number of carbonyl (C=O) groups is 1. The van der Waals surface area contributed by atoms with Crippen LogP contribution in [0.2, 0.25) is 0 Å². The van der Waals surface area contributed by atoms with Crippen LogP contribution in [0.5, 0.6) is 11.5 Å². The maximum atomic E-state index is 13.4. The summed E-state index contributed by atoms with van der Waals surface area (Å²) in [4.78, 5) is 10.8. The fourth-order valence-corrected chi connectivity index (χ4v) is 1.92. The van der Waals surface area contributed by atoms with Crippen molar-refractivity contribution in [2.75, 3.05) is 0 Å². The lowest BCUT2D eigenvalue weighted by Crippen LogP contribution is -1.94. The first-order chi connectivity index (χ1) is 9.49. The molecular formula is C17H17FO2. The van der Waals surface area contributed by atoms with E-state index in [1.54, 1.807) is 0 Å². The van der Waals surface area contributed by atoms with Crippen molar-refractivity contribution in [1.82, 2.24) is 0 Å². The van der Waals surface area contributed by atoms with E-state index in [1.165, 1.54) is 18.2 Å². The number of aryl methyl sites for hydroxylation is 1. The molecule has 0 heterocycles. The second-order valence-corrected chi connectivity index (χ2v) is 5.12. The molecule has 2 nitrogen and oxygen atoms in total. The summed E-state index contributed by atoms with van der Waals surface area (Å²) in [5, 5.41) is 0. The van der Waals surface area contributed by atoms with Gasteiger partial charge >= 0.3 is 0 Å². The third-order valence-corrected chi connectivity index (χ3v) is 3.14. The maximum absolute atomic E-state index is 13.4. The van der Waals surface area contributed by atoms with Crippen LogP contribution in [0.4, 0.5) is 4.39 Å². The minimum Gasteiger partial charge on any atom is -0.457 e. The van der Waals surface area contributed by atoms with Crippen molar-refractivity contribution in [3.63, 3.8) is 0 Å². The smallest absolute Gasteiger partial charge is 0.150 e. The molecule has 2 rings (SSSR count). The zero-order valence-corrected chi connectivity index (χ0v) is 11.8.